The van der Waals surface area contributed by atoms with Crippen LogP contribution < -0.4 is 10.2 Å². The van der Waals surface area contributed by atoms with Crippen molar-refractivity contribution in [3.63, 3.8) is 0 Å². The van der Waals surface area contributed by atoms with Crippen molar-refractivity contribution in [2.75, 3.05) is 0 Å². The normalized spacial score (nSPS) is 11.7. The minimum atomic E-state index is -5.08. The van der Waals surface area contributed by atoms with Crippen LogP contribution in [0.2, 0.25) is 0 Å². The van der Waals surface area contributed by atoms with Crippen molar-refractivity contribution in [3.05, 3.63) is 41.7 Å². The average Bonchev–Trinajstić information content (AvgIpc) is 2.76. The number of aromatic nitrogens is 2. The quantitative estimate of drug-likeness (QED) is 0.789. The predicted molar refractivity (Wildman–Crippen MR) is 72.1 cm³/mol. The van der Waals surface area contributed by atoms with Crippen LogP contribution in [0.3, 0.4) is 0 Å². The van der Waals surface area contributed by atoms with E-state index >= 15 is 0 Å². The fourth-order valence-electron chi connectivity index (χ4n) is 2.02. The Hall–Kier alpha value is -1.92. The number of hydrogen-bond donors (Lipinski definition) is 0. The first kappa shape index (κ1) is 14.5. The zero-order chi connectivity index (χ0) is 14.8. The molecule has 108 valence electrons. The molecule has 0 N–H and O–H groups in total. The van der Waals surface area contributed by atoms with Gasteiger partial charge in [0, 0.05) is 6.54 Å². The minimum absolute atomic E-state index is 0.0673. The molecule has 0 amide bonds. The molecule has 0 aliphatic heterocycles. The highest BCUT2D eigenvalue weighted by Crippen LogP contribution is 2.18. The third-order valence-electron chi connectivity index (χ3n) is 2.93. The Balaban J connectivity index is 2.19. The van der Waals surface area contributed by atoms with Gasteiger partial charge in [-0.15, -0.1) is 0 Å². The first-order valence-corrected chi connectivity index (χ1v) is 6.36. The summed E-state index contributed by atoms with van der Waals surface area (Å²) in [5, 5.41) is 4.23. The molecule has 0 aliphatic carbocycles. The first-order chi connectivity index (χ1) is 9.41. The standard InChI is InChI=1S/C13H15BF3N2O/c1-3-19-11(8-10(2)18-19)9-20-13-7-5-4-6-12(13)14(15,16)17/h4-8H,3,9H2,1-2H3/q-1. The van der Waals surface area contributed by atoms with Gasteiger partial charge >= 0.3 is 6.98 Å². The molecule has 2 aromatic rings. The maximum atomic E-state index is 12.9. The summed E-state index contributed by atoms with van der Waals surface area (Å²) in [6.45, 7) is -0.604. The van der Waals surface area contributed by atoms with Gasteiger partial charge in [0.15, 0.2) is 0 Å². The highest BCUT2D eigenvalue weighted by molar-refractivity contribution is 6.74. The molecule has 1 heterocycles. The molecule has 0 bridgehead atoms. The SMILES string of the molecule is CCn1nc(C)cc1COc1ccccc1[B-](F)(F)F. The van der Waals surface area contributed by atoms with Crippen LogP contribution in [0, 0.1) is 6.92 Å². The van der Waals surface area contributed by atoms with Gasteiger partial charge in [-0.05, 0) is 26.0 Å². The van der Waals surface area contributed by atoms with Crippen LogP contribution in [-0.2, 0) is 13.2 Å². The lowest BCUT2D eigenvalue weighted by molar-refractivity contribution is 0.293. The molecule has 0 saturated carbocycles. The number of benzene rings is 1. The number of ether oxygens (including phenoxy) is 1. The lowest BCUT2D eigenvalue weighted by atomic mass is 9.79. The van der Waals surface area contributed by atoms with Crippen LogP contribution in [0.1, 0.15) is 18.3 Å². The Morgan fingerprint density at radius 3 is 2.60 bits per heavy atom. The van der Waals surface area contributed by atoms with E-state index in [0.717, 1.165) is 17.5 Å². The Morgan fingerprint density at radius 2 is 1.95 bits per heavy atom. The minimum Gasteiger partial charge on any atom is -0.490 e. The number of hydrogen-bond acceptors (Lipinski definition) is 2. The van der Waals surface area contributed by atoms with Gasteiger partial charge in [0.1, 0.15) is 6.61 Å². The lowest BCUT2D eigenvalue weighted by Gasteiger charge is -2.19. The third-order valence-corrected chi connectivity index (χ3v) is 2.93. The van der Waals surface area contributed by atoms with E-state index < -0.39 is 12.4 Å². The summed E-state index contributed by atoms with van der Waals surface area (Å²) in [7, 11) is 0. The van der Waals surface area contributed by atoms with Gasteiger partial charge in [0.05, 0.1) is 17.1 Å². The predicted octanol–water partition coefficient (Wildman–Crippen LogP) is 2.84. The largest absolute Gasteiger partial charge is 0.513 e. The summed E-state index contributed by atoms with van der Waals surface area (Å²) in [4.78, 5) is 0. The molecular weight excluding hydrogens is 268 g/mol. The fraction of sp³-hybridized carbons (Fsp3) is 0.308. The Kier molecular flexibility index (Phi) is 4.06. The highest BCUT2D eigenvalue weighted by atomic mass is 19.4. The van der Waals surface area contributed by atoms with Crippen molar-refractivity contribution in [2.24, 2.45) is 0 Å². The number of nitrogens with zero attached hydrogens (tertiary/aromatic N) is 2. The second-order valence-electron chi connectivity index (χ2n) is 4.49. The monoisotopic (exact) mass is 283 g/mol. The molecule has 0 unspecified atom stereocenters. The summed E-state index contributed by atoms with van der Waals surface area (Å²) in [6, 6.07) is 7.08. The molecule has 1 aromatic heterocycles. The fourth-order valence-corrected chi connectivity index (χ4v) is 2.02. The van der Waals surface area contributed by atoms with Gasteiger partial charge < -0.3 is 17.7 Å². The van der Waals surface area contributed by atoms with E-state index in [4.69, 9.17) is 4.74 Å². The summed E-state index contributed by atoms with van der Waals surface area (Å²) in [5.41, 5.74) is 0.875. The Labute approximate surface area is 115 Å². The van der Waals surface area contributed by atoms with Crippen LogP contribution in [0.5, 0.6) is 5.75 Å². The van der Waals surface area contributed by atoms with Gasteiger partial charge in [-0.3, -0.25) is 4.68 Å². The second-order valence-corrected chi connectivity index (χ2v) is 4.49. The maximum Gasteiger partial charge on any atom is 0.513 e. The number of rotatable bonds is 5. The molecule has 2 rings (SSSR count). The smallest absolute Gasteiger partial charge is 0.490 e. The molecule has 0 spiro atoms. The van der Waals surface area contributed by atoms with Crippen molar-refractivity contribution < 1.29 is 17.7 Å². The van der Waals surface area contributed by atoms with E-state index in [1.54, 1.807) is 4.68 Å². The first-order valence-electron chi connectivity index (χ1n) is 6.36. The van der Waals surface area contributed by atoms with E-state index in [2.05, 4.69) is 5.10 Å². The number of aryl methyl sites for hydroxylation is 2. The van der Waals surface area contributed by atoms with E-state index in [1.807, 2.05) is 19.9 Å². The van der Waals surface area contributed by atoms with Crippen molar-refractivity contribution in [1.82, 2.24) is 9.78 Å². The average molecular weight is 283 g/mol. The van der Waals surface area contributed by atoms with Crippen LogP contribution in [0.15, 0.2) is 30.3 Å². The van der Waals surface area contributed by atoms with E-state index in [1.165, 1.54) is 18.2 Å². The van der Waals surface area contributed by atoms with Crippen molar-refractivity contribution in [1.29, 1.82) is 0 Å². The molecule has 0 atom stereocenters. The summed E-state index contributed by atoms with van der Waals surface area (Å²) in [5.74, 6) is -0.137. The molecule has 1 aromatic carbocycles. The zero-order valence-corrected chi connectivity index (χ0v) is 11.3. The van der Waals surface area contributed by atoms with Crippen LogP contribution in [0.4, 0.5) is 12.9 Å². The molecule has 0 radical (unpaired) electrons. The maximum absolute atomic E-state index is 12.9. The van der Waals surface area contributed by atoms with Gasteiger partial charge in [0.2, 0.25) is 0 Å². The van der Waals surface area contributed by atoms with Crippen molar-refractivity contribution >= 4 is 12.4 Å². The van der Waals surface area contributed by atoms with Gasteiger partial charge in [-0.1, -0.05) is 23.7 Å². The van der Waals surface area contributed by atoms with E-state index in [0.29, 0.717) is 6.54 Å². The Bertz CT molecular complexity index is 596. The van der Waals surface area contributed by atoms with Crippen LogP contribution >= 0.6 is 0 Å². The van der Waals surface area contributed by atoms with Gasteiger partial charge in [-0.25, -0.2) is 0 Å². The highest BCUT2D eigenvalue weighted by Gasteiger charge is 2.28. The van der Waals surface area contributed by atoms with Crippen LogP contribution in [-0.4, -0.2) is 16.8 Å². The number of para-hydroxylation sites is 1. The number of halogens is 3. The van der Waals surface area contributed by atoms with Crippen molar-refractivity contribution in [3.8, 4) is 5.75 Å². The second kappa shape index (κ2) is 5.60. The summed E-state index contributed by atoms with van der Waals surface area (Å²) >= 11 is 0. The van der Waals surface area contributed by atoms with E-state index in [9.17, 15) is 12.9 Å². The molecule has 3 nitrogen and oxygen atoms in total. The molecule has 7 heteroatoms. The molecule has 0 saturated heterocycles. The molecule has 20 heavy (non-hydrogen) atoms. The van der Waals surface area contributed by atoms with Crippen LogP contribution in [0.25, 0.3) is 0 Å². The van der Waals surface area contributed by atoms with E-state index in [-0.39, 0.29) is 12.4 Å². The van der Waals surface area contributed by atoms with Crippen molar-refractivity contribution in [2.45, 2.75) is 27.0 Å². The van der Waals surface area contributed by atoms with Gasteiger partial charge in [0.25, 0.3) is 0 Å². The lowest BCUT2D eigenvalue weighted by Crippen LogP contribution is -2.35. The van der Waals surface area contributed by atoms with Gasteiger partial charge in [-0.2, -0.15) is 5.10 Å². The summed E-state index contributed by atoms with van der Waals surface area (Å²) < 4.78 is 45.7. The summed E-state index contributed by atoms with van der Waals surface area (Å²) in [6.07, 6.45) is 0. The Morgan fingerprint density at radius 1 is 1.25 bits per heavy atom. The third kappa shape index (κ3) is 3.15. The topological polar surface area (TPSA) is 27.1 Å². The molecular formula is C13H15BF3N2O-. The molecule has 0 fully saturated rings. The molecule has 0 aliphatic rings. The zero-order valence-electron chi connectivity index (χ0n) is 11.3.